The van der Waals surface area contributed by atoms with Gasteiger partial charge in [-0.3, -0.25) is 24.3 Å². The molecule has 2 aromatic carbocycles. The van der Waals surface area contributed by atoms with E-state index in [0.717, 1.165) is 4.68 Å². The molecule has 0 radical (unpaired) electrons. The Morgan fingerprint density at radius 1 is 0.897 bits per heavy atom. The summed E-state index contributed by atoms with van der Waals surface area (Å²) in [7, 11) is 0. The average Bonchev–Trinajstić information content (AvgIpc) is 2.77. The van der Waals surface area contributed by atoms with Crippen molar-refractivity contribution in [1.29, 1.82) is 0 Å². The molecule has 3 aromatic rings. The minimum Gasteiger partial charge on any atom is -0.341 e. The molecule has 0 bridgehead atoms. The zero-order chi connectivity index (χ0) is 20.4. The van der Waals surface area contributed by atoms with E-state index in [1.807, 2.05) is 30.3 Å². The van der Waals surface area contributed by atoms with E-state index in [2.05, 4.69) is 5.10 Å². The van der Waals surface area contributed by atoms with E-state index in [4.69, 9.17) is 0 Å². The molecule has 1 aliphatic rings. The first-order valence-electron chi connectivity index (χ1n) is 9.63. The highest BCUT2D eigenvalue weighted by Gasteiger charge is 2.28. The molecule has 0 saturated carbocycles. The fourth-order valence-corrected chi connectivity index (χ4v) is 3.82. The zero-order valence-corrected chi connectivity index (χ0v) is 15.8. The number of fused-ring (bicyclic) bond motifs is 1. The first kappa shape index (κ1) is 18.9. The molecule has 1 aliphatic heterocycles. The van der Waals surface area contributed by atoms with Crippen molar-refractivity contribution in [3.63, 3.8) is 0 Å². The van der Waals surface area contributed by atoms with Gasteiger partial charge in [0.15, 0.2) is 5.78 Å². The van der Waals surface area contributed by atoms with Crippen LogP contribution in [0.25, 0.3) is 10.8 Å². The standard InChI is InChI=1S/C22H21N3O4/c26-19(14-25-22(29)18-9-5-4-8-17(18)21(28)23-25)24-12-10-16(11-13-24)20(27)15-6-2-1-3-7-15/h1-9,16H,10-14H2,(H,23,28). The zero-order valence-electron chi connectivity index (χ0n) is 15.8. The summed E-state index contributed by atoms with van der Waals surface area (Å²) in [6.45, 7) is 0.680. The molecule has 148 valence electrons. The average molecular weight is 391 g/mol. The summed E-state index contributed by atoms with van der Waals surface area (Å²) < 4.78 is 1.06. The second-order valence-electron chi connectivity index (χ2n) is 7.26. The fourth-order valence-electron chi connectivity index (χ4n) is 3.82. The molecule has 1 amide bonds. The number of amides is 1. The van der Waals surface area contributed by atoms with Gasteiger partial charge < -0.3 is 4.90 Å². The van der Waals surface area contributed by atoms with Crippen molar-refractivity contribution >= 4 is 22.5 Å². The lowest BCUT2D eigenvalue weighted by molar-refractivity contribution is -0.133. The molecule has 7 heteroatoms. The molecule has 29 heavy (non-hydrogen) atoms. The van der Waals surface area contributed by atoms with Gasteiger partial charge in [0.25, 0.3) is 11.1 Å². The Kier molecular flexibility index (Phi) is 5.12. The van der Waals surface area contributed by atoms with Crippen LogP contribution in [-0.2, 0) is 11.3 Å². The molecule has 0 spiro atoms. The Morgan fingerprint density at radius 3 is 2.21 bits per heavy atom. The monoisotopic (exact) mass is 391 g/mol. The predicted octanol–water partition coefficient (Wildman–Crippen LogP) is 1.81. The Bertz CT molecular complexity index is 1170. The number of H-pyrrole nitrogens is 1. The Balaban J connectivity index is 1.44. The van der Waals surface area contributed by atoms with E-state index >= 15 is 0 Å². The van der Waals surface area contributed by atoms with E-state index in [9.17, 15) is 19.2 Å². The van der Waals surface area contributed by atoms with Crippen molar-refractivity contribution in [1.82, 2.24) is 14.7 Å². The van der Waals surface area contributed by atoms with Crippen LogP contribution in [0, 0.1) is 5.92 Å². The van der Waals surface area contributed by atoms with Gasteiger partial charge in [-0.25, -0.2) is 4.68 Å². The summed E-state index contributed by atoms with van der Waals surface area (Å²) in [5, 5.41) is 3.08. The van der Waals surface area contributed by atoms with Gasteiger partial charge in [0.05, 0.1) is 10.8 Å². The molecule has 1 fully saturated rings. The van der Waals surface area contributed by atoms with Crippen LogP contribution in [0.1, 0.15) is 23.2 Å². The molecule has 4 rings (SSSR count). The van der Waals surface area contributed by atoms with Gasteiger partial charge in [-0.2, -0.15) is 0 Å². The van der Waals surface area contributed by atoms with Gasteiger partial charge in [-0.1, -0.05) is 42.5 Å². The number of nitrogens with one attached hydrogen (secondary N) is 1. The van der Waals surface area contributed by atoms with E-state index in [1.54, 1.807) is 29.2 Å². The SMILES string of the molecule is O=C(c1ccccc1)C1CCN(C(=O)Cn2[nH]c(=O)c3ccccc3c2=O)CC1. The van der Waals surface area contributed by atoms with Crippen LogP contribution >= 0.6 is 0 Å². The van der Waals surface area contributed by atoms with Crippen molar-refractivity contribution < 1.29 is 9.59 Å². The van der Waals surface area contributed by atoms with Crippen LogP contribution in [0.4, 0.5) is 0 Å². The second-order valence-corrected chi connectivity index (χ2v) is 7.26. The lowest BCUT2D eigenvalue weighted by Gasteiger charge is -2.31. The number of carbonyl (C=O) groups excluding carboxylic acids is 2. The fraction of sp³-hybridized carbons (Fsp3) is 0.273. The number of ketones is 1. The van der Waals surface area contributed by atoms with Gasteiger partial charge >= 0.3 is 0 Å². The summed E-state index contributed by atoms with van der Waals surface area (Å²) in [5.74, 6) is -0.249. The molecule has 0 aliphatic carbocycles. The molecular formula is C22H21N3O4. The lowest BCUT2D eigenvalue weighted by Crippen LogP contribution is -2.44. The summed E-state index contributed by atoms with van der Waals surface area (Å²) >= 11 is 0. The van der Waals surface area contributed by atoms with Gasteiger partial charge in [0.1, 0.15) is 6.54 Å². The number of carbonyl (C=O) groups is 2. The molecule has 2 heterocycles. The van der Waals surface area contributed by atoms with Crippen LogP contribution in [-0.4, -0.2) is 39.5 Å². The minimum absolute atomic E-state index is 0.104. The number of benzene rings is 2. The van der Waals surface area contributed by atoms with E-state index in [-0.39, 0.29) is 29.5 Å². The van der Waals surface area contributed by atoms with E-state index in [1.165, 1.54) is 0 Å². The number of rotatable bonds is 4. The highest BCUT2D eigenvalue weighted by molar-refractivity contribution is 5.98. The summed E-state index contributed by atoms with van der Waals surface area (Å²) in [4.78, 5) is 51.7. The van der Waals surface area contributed by atoms with Crippen LogP contribution < -0.4 is 11.1 Å². The topological polar surface area (TPSA) is 92.2 Å². The van der Waals surface area contributed by atoms with Crippen molar-refractivity contribution in [3.05, 3.63) is 80.9 Å². The van der Waals surface area contributed by atoms with Crippen molar-refractivity contribution in [2.45, 2.75) is 19.4 Å². The predicted molar refractivity (Wildman–Crippen MR) is 109 cm³/mol. The molecule has 0 unspecified atom stereocenters. The van der Waals surface area contributed by atoms with Crippen LogP contribution in [0.15, 0.2) is 64.2 Å². The smallest absolute Gasteiger partial charge is 0.273 e. The maximum Gasteiger partial charge on any atom is 0.273 e. The number of likely N-dealkylation sites (tertiary alicyclic amines) is 1. The third kappa shape index (κ3) is 3.76. The molecule has 7 nitrogen and oxygen atoms in total. The van der Waals surface area contributed by atoms with Gasteiger partial charge in [0.2, 0.25) is 5.91 Å². The number of hydrogen-bond acceptors (Lipinski definition) is 4. The van der Waals surface area contributed by atoms with Gasteiger partial charge in [-0.05, 0) is 25.0 Å². The molecular weight excluding hydrogens is 370 g/mol. The van der Waals surface area contributed by atoms with E-state index < -0.39 is 11.1 Å². The largest absolute Gasteiger partial charge is 0.341 e. The molecule has 0 atom stereocenters. The van der Waals surface area contributed by atoms with Crippen LogP contribution in [0.2, 0.25) is 0 Å². The van der Waals surface area contributed by atoms with Gasteiger partial charge in [-0.15, -0.1) is 0 Å². The number of nitrogens with zero attached hydrogens (tertiary/aromatic N) is 2. The minimum atomic E-state index is -0.403. The van der Waals surface area contributed by atoms with Crippen LogP contribution in [0.3, 0.4) is 0 Å². The van der Waals surface area contributed by atoms with Crippen molar-refractivity contribution in [2.24, 2.45) is 5.92 Å². The van der Waals surface area contributed by atoms with E-state index in [0.29, 0.717) is 36.9 Å². The summed E-state index contributed by atoms with van der Waals surface area (Å²) in [5.41, 5.74) is -0.111. The number of piperidine rings is 1. The molecule has 1 N–H and O–H groups in total. The Labute approximate surface area is 166 Å². The highest BCUT2D eigenvalue weighted by atomic mass is 16.2. The Morgan fingerprint density at radius 2 is 1.52 bits per heavy atom. The molecule has 1 aromatic heterocycles. The summed E-state index contributed by atoms with van der Waals surface area (Å²) in [6, 6.07) is 15.7. The second kappa shape index (κ2) is 7.87. The maximum absolute atomic E-state index is 12.7. The quantitative estimate of drug-likeness (QED) is 0.687. The summed E-state index contributed by atoms with van der Waals surface area (Å²) in [6.07, 6.45) is 1.17. The molecule has 1 saturated heterocycles. The Hall–Kier alpha value is -3.48. The number of aromatic amines is 1. The third-order valence-electron chi connectivity index (χ3n) is 5.45. The van der Waals surface area contributed by atoms with Crippen molar-refractivity contribution in [3.8, 4) is 0 Å². The van der Waals surface area contributed by atoms with Gasteiger partial charge in [0, 0.05) is 24.6 Å². The lowest BCUT2D eigenvalue weighted by atomic mass is 9.89. The van der Waals surface area contributed by atoms with Crippen LogP contribution in [0.5, 0.6) is 0 Å². The highest BCUT2D eigenvalue weighted by Crippen LogP contribution is 2.22. The number of hydrogen-bond donors (Lipinski definition) is 1. The normalized spacial score (nSPS) is 14.8. The van der Waals surface area contributed by atoms with Crippen molar-refractivity contribution in [2.75, 3.05) is 13.1 Å². The first-order chi connectivity index (χ1) is 14.0. The third-order valence-corrected chi connectivity index (χ3v) is 5.45. The maximum atomic E-state index is 12.7. The number of aromatic nitrogens is 2. The number of Topliss-reactive ketones (excluding diaryl/α,β-unsaturated/α-hetero) is 1. The first-order valence-corrected chi connectivity index (χ1v) is 9.63.